The lowest BCUT2D eigenvalue weighted by atomic mass is 9.72. The van der Waals surface area contributed by atoms with E-state index in [-0.39, 0.29) is 12.0 Å². The van der Waals surface area contributed by atoms with Crippen LogP contribution in [0, 0.1) is 24.2 Å². The molecule has 1 aliphatic carbocycles. The van der Waals surface area contributed by atoms with Crippen molar-refractivity contribution in [2.24, 2.45) is 17.3 Å². The van der Waals surface area contributed by atoms with Crippen molar-refractivity contribution < 1.29 is 14.6 Å². The summed E-state index contributed by atoms with van der Waals surface area (Å²) >= 11 is 0. The number of nitrogens with zero attached hydrogens (tertiary/aromatic N) is 1. The second-order valence-electron chi connectivity index (χ2n) is 10.7. The minimum atomic E-state index is -0.677. The summed E-state index contributed by atoms with van der Waals surface area (Å²) in [6, 6.07) is 10.7. The minimum absolute atomic E-state index is 0.256. The number of ether oxygens (including phenoxy) is 1. The number of hydrogen-bond donors (Lipinski definition) is 1. The number of carboxylic acid groups (broad SMARTS) is 1. The fourth-order valence-electron chi connectivity index (χ4n) is 5.48. The highest BCUT2D eigenvalue weighted by molar-refractivity contribution is 5.90. The number of aryl methyl sites for hydroxylation is 1. The Kier molecular flexibility index (Phi) is 6.30. The third-order valence-corrected chi connectivity index (χ3v) is 7.52. The van der Waals surface area contributed by atoms with Gasteiger partial charge in [0.25, 0.3) is 0 Å². The van der Waals surface area contributed by atoms with Crippen LogP contribution < -0.4 is 4.74 Å². The lowest BCUT2D eigenvalue weighted by Crippen LogP contribution is -2.31. The highest BCUT2D eigenvalue weighted by Crippen LogP contribution is 2.40. The molecule has 1 saturated carbocycles. The van der Waals surface area contributed by atoms with Gasteiger partial charge in [0.1, 0.15) is 5.75 Å². The van der Waals surface area contributed by atoms with E-state index >= 15 is 0 Å². The first kappa shape index (κ1) is 22.1. The van der Waals surface area contributed by atoms with Crippen LogP contribution in [0.5, 0.6) is 5.75 Å². The Hall–Kier alpha value is -2.07. The molecule has 1 N–H and O–H groups in total. The first-order valence-electron chi connectivity index (χ1n) is 11.9. The molecule has 4 rings (SSSR count). The highest BCUT2D eigenvalue weighted by atomic mass is 16.5. The molecule has 1 heterocycles. The van der Waals surface area contributed by atoms with Crippen LogP contribution in [0.3, 0.4) is 0 Å². The Morgan fingerprint density at radius 1 is 1.10 bits per heavy atom. The molecule has 168 valence electrons. The third kappa shape index (κ3) is 4.90. The van der Waals surface area contributed by atoms with Gasteiger partial charge in [0.2, 0.25) is 0 Å². The molecule has 31 heavy (non-hydrogen) atoms. The topological polar surface area (TPSA) is 49.8 Å². The van der Waals surface area contributed by atoms with Crippen LogP contribution in [0.15, 0.2) is 30.3 Å². The van der Waals surface area contributed by atoms with Gasteiger partial charge in [0.15, 0.2) is 0 Å². The molecule has 1 saturated heterocycles. The van der Waals surface area contributed by atoms with E-state index in [0.29, 0.717) is 12.0 Å². The standard InChI is InChI=1S/C27H37NO3/c1-18-15-25(31-21-11-9-20(10-12-21)27(2,3)4)24(23-8-6-5-7-22(18)23)17-28-14-13-19(16-28)26(29)30/h5-8,15,19-21H,9-14,16-17H2,1-4H3,(H,29,30)/t19?,20-,21-. The molecule has 0 spiro atoms. The van der Waals surface area contributed by atoms with E-state index in [2.05, 4.69) is 62.9 Å². The van der Waals surface area contributed by atoms with Gasteiger partial charge in [-0.25, -0.2) is 0 Å². The van der Waals surface area contributed by atoms with Crippen molar-refractivity contribution >= 4 is 16.7 Å². The lowest BCUT2D eigenvalue weighted by molar-refractivity contribution is -0.141. The normalized spacial score (nSPS) is 25.1. The number of rotatable bonds is 5. The van der Waals surface area contributed by atoms with Gasteiger partial charge in [-0.2, -0.15) is 0 Å². The van der Waals surface area contributed by atoms with Crippen LogP contribution in [-0.4, -0.2) is 35.2 Å². The van der Waals surface area contributed by atoms with Crippen LogP contribution in [0.25, 0.3) is 10.8 Å². The molecule has 1 aliphatic heterocycles. The molecule has 0 aromatic heterocycles. The summed E-state index contributed by atoms with van der Waals surface area (Å²) in [4.78, 5) is 13.7. The van der Waals surface area contributed by atoms with Crippen molar-refractivity contribution in [2.45, 2.75) is 72.4 Å². The van der Waals surface area contributed by atoms with Gasteiger partial charge in [-0.3, -0.25) is 9.69 Å². The molecule has 0 bridgehead atoms. The zero-order valence-corrected chi connectivity index (χ0v) is 19.5. The summed E-state index contributed by atoms with van der Waals surface area (Å²) in [5, 5.41) is 11.9. The summed E-state index contributed by atoms with van der Waals surface area (Å²) in [5.74, 6) is 0.828. The molecule has 4 heteroatoms. The fraction of sp³-hybridized carbons (Fsp3) is 0.593. The van der Waals surface area contributed by atoms with Gasteiger partial charge in [0, 0.05) is 18.7 Å². The Morgan fingerprint density at radius 2 is 1.77 bits per heavy atom. The smallest absolute Gasteiger partial charge is 0.307 e. The van der Waals surface area contributed by atoms with E-state index in [1.165, 1.54) is 34.7 Å². The molecular formula is C27H37NO3. The fourth-order valence-corrected chi connectivity index (χ4v) is 5.48. The van der Waals surface area contributed by atoms with E-state index < -0.39 is 5.97 Å². The summed E-state index contributed by atoms with van der Waals surface area (Å²) in [5.41, 5.74) is 2.82. The number of carbonyl (C=O) groups is 1. The predicted molar refractivity (Wildman–Crippen MR) is 126 cm³/mol. The van der Waals surface area contributed by atoms with Crippen LogP contribution in [0.4, 0.5) is 0 Å². The molecule has 4 nitrogen and oxygen atoms in total. The molecule has 2 fully saturated rings. The first-order valence-corrected chi connectivity index (χ1v) is 11.9. The molecular weight excluding hydrogens is 386 g/mol. The monoisotopic (exact) mass is 423 g/mol. The third-order valence-electron chi connectivity index (χ3n) is 7.52. The summed E-state index contributed by atoms with van der Waals surface area (Å²) in [7, 11) is 0. The van der Waals surface area contributed by atoms with Gasteiger partial charge >= 0.3 is 5.97 Å². The molecule has 0 amide bonds. The molecule has 2 aromatic rings. The van der Waals surface area contributed by atoms with Crippen molar-refractivity contribution in [2.75, 3.05) is 13.1 Å². The van der Waals surface area contributed by atoms with Crippen molar-refractivity contribution in [3.8, 4) is 5.75 Å². The van der Waals surface area contributed by atoms with E-state index in [1.807, 2.05) is 0 Å². The lowest BCUT2D eigenvalue weighted by Gasteiger charge is -2.37. The van der Waals surface area contributed by atoms with E-state index in [4.69, 9.17) is 4.74 Å². The highest BCUT2D eigenvalue weighted by Gasteiger charge is 2.32. The Bertz CT molecular complexity index is 937. The van der Waals surface area contributed by atoms with Gasteiger partial charge in [-0.15, -0.1) is 0 Å². The molecule has 2 aliphatic rings. The SMILES string of the molecule is Cc1cc(O[C@H]2CC[C@H](C(C)(C)C)CC2)c(CN2CCC(C(=O)O)C2)c2ccccc12. The number of likely N-dealkylation sites (tertiary alicyclic amines) is 1. The van der Waals surface area contributed by atoms with Gasteiger partial charge < -0.3 is 9.84 Å². The number of hydrogen-bond acceptors (Lipinski definition) is 3. The predicted octanol–water partition coefficient (Wildman–Crippen LogP) is 6.04. The minimum Gasteiger partial charge on any atom is -0.490 e. The second kappa shape index (κ2) is 8.82. The number of benzene rings is 2. The Balaban J connectivity index is 1.58. The van der Waals surface area contributed by atoms with E-state index in [9.17, 15) is 9.90 Å². The maximum atomic E-state index is 11.4. The Morgan fingerprint density at radius 3 is 2.39 bits per heavy atom. The molecule has 1 unspecified atom stereocenters. The van der Waals surface area contributed by atoms with Crippen molar-refractivity contribution in [3.63, 3.8) is 0 Å². The number of aliphatic carboxylic acids is 1. The number of fused-ring (bicyclic) bond motifs is 1. The second-order valence-corrected chi connectivity index (χ2v) is 10.7. The van der Waals surface area contributed by atoms with Crippen molar-refractivity contribution in [1.29, 1.82) is 0 Å². The molecule has 2 aromatic carbocycles. The van der Waals surface area contributed by atoms with Crippen LogP contribution in [-0.2, 0) is 11.3 Å². The Labute approximate surface area is 186 Å². The first-order chi connectivity index (χ1) is 14.7. The number of carboxylic acids is 1. The van der Waals surface area contributed by atoms with E-state index in [1.54, 1.807) is 0 Å². The zero-order chi connectivity index (χ0) is 22.2. The van der Waals surface area contributed by atoms with Crippen LogP contribution >= 0.6 is 0 Å². The largest absolute Gasteiger partial charge is 0.490 e. The van der Waals surface area contributed by atoms with Crippen LogP contribution in [0.1, 0.15) is 64.0 Å². The average molecular weight is 424 g/mol. The molecule has 1 atom stereocenters. The van der Waals surface area contributed by atoms with Gasteiger partial charge in [0.05, 0.1) is 12.0 Å². The average Bonchev–Trinajstić information content (AvgIpc) is 3.20. The summed E-state index contributed by atoms with van der Waals surface area (Å²) < 4.78 is 6.68. The van der Waals surface area contributed by atoms with Crippen LogP contribution in [0.2, 0.25) is 0 Å². The quantitative estimate of drug-likeness (QED) is 0.637. The maximum Gasteiger partial charge on any atom is 0.307 e. The van der Waals surface area contributed by atoms with Gasteiger partial charge in [-0.05, 0) is 79.3 Å². The molecule has 0 radical (unpaired) electrons. The maximum absolute atomic E-state index is 11.4. The summed E-state index contributed by atoms with van der Waals surface area (Å²) in [6.07, 6.45) is 5.66. The van der Waals surface area contributed by atoms with Crippen molar-refractivity contribution in [1.82, 2.24) is 4.90 Å². The van der Waals surface area contributed by atoms with E-state index in [0.717, 1.165) is 44.0 Å². The van der Waals surface area contributed by atoms with Gasteiger partial charge in [-0.1, -0.05) is 45.0 Å². The summed E-state index contributed by atoms with van der Waals surface area (Å²) in [6.45, 7) is 11.4. The van der Waals surface area contributed by atoms with Crippen molar-refractivity contribution in [3.05, 3.63) is 41.5 Å². The zero-order valence-electron chi connectivity index (χ0n) is 19.5.